The van der Waals surface area contributed by atoms with E-state index >= 15 is 0 Å². The van der Waals surface area contributed by atoms with Gasteiger partial charge in [-0.25, -0.2) is 4.98 Å². The number of rotatable bonds is 5. The Labute approximate surface area is 175 Å². The first-order valence-electron chi connectivity index (χ1n) is 9.89. The van der Waals surface area contributed by atoms with E-state index in [-0.39, 0.29) is 5.91 Å². The van der Waals surface area contributed by atoms with Crippen LogP contribution in [0.5, 0.6) is 0 Å². The summed E-state index contributed by atoms with van der Waals surface area (Å²) in [5.41, 5.74) is 2.84. The molecule has 7 nitrogen and oxygen atoms in total. The van der Waals surface area contributed by atoms with Gasteiger partial charge in [0.1, 0.15) is 5.82 Å². The van der Waals surface area contributed by atoms with Gasteiger partial charge < -0.3 is 24.6 Å². The number of hydrogen-bond acceptors (Lipinski definition) is 6. The number of nitrogens with zero attached hydrogens (tertiary/aromatic N) is 3. The number of anilines is 2. The van der Waals surface area contributed by atoms with Crippen molar-refractivity contribution in [2.45, 2.75) is 6.54 Å². The number of carbonyl (C=O) groups is 1. The second-order valence-electron chi connectivity index (χ2n) is 7.08. The molecule has 0 aliphatic carbocycles. The summed E-state index contributed by atoms with van der Waals surface area (Å²) in [5, 5.41) is 3.69. The van der Waals surface area contributed by atoms with Crippen LogP contribution in [0.3, 0.4) is 0 Å². The number of carbonyl (C=O) groups excluding carboxylic acids is 1. The molecule has 2 aromatic rings. The Morgan fingerprint density at radius 1 is 1.03 bits per heavy atom. The predicted octanol–water partition coefficient (Wildman–Crippen LogP) is 2.66. The number of ether oxygens (including phenoxy) is 2. The molecule has 0 bridgehead atoms. The average Bonchev–Trinajstić information content (AvgIpc) is 2.79. The van der Waals surface area contributed by atoms with Gasteiger partial charge in [0.05, 0.1) is 37.0 Å². The Hall–Kier alpha value is -2.35. The smallest absolute Gasteiger partial charge is 0.255 e. The van der Waals surface area contributed by atoms with Crippen molar-refractivity contribution in [2.24, 2.45) is 0 Å². The number of aromatic nitrogens is 1. The number of nitrogens with one attached hydrogen (secondary N) is 1. The molecule has 2 aliphatic rings. The third-order valence-corrected chi connectivity index (χ3v) is 5.45. The highest BCUT2D eigenvalue weighted by atomic mass is 35.5. The molecule has 1 amide bonds. The molecule has 8 heteroatoms. The zero-order chi connectivity index (χ0) is 20.1. The molecule has 2 fully saturated rings. The van der Waals surface area contributed by atoms with Crippen LogP contribution in [-0.2, 0) is 16.0 Å². The Balaban J connectivity index is 1.35. The van der Waals surface area contributed by atoms with Crippen LogP contribution < -0.4 is 10.2 Å². The zero-order valence-corrected chi connectivity index (χ0v) is 17.0. The molecule has 1 aromatic carbocycles. The SMILES string of the molecule is O=C(c1cnc(NCc2ccc(N3CCOCC3)cc2)c(Cl)c1)N1CCOCC1. The van der Waals surface area contributed by atoms with Crippen molar-refractivity contribution in [3.05, 3.63) is 52.7 Å². The Bertz CT molecular complexity index is 834. The Morgan fingerprint density at radius 2 is 1.69 bits per heavy atom. The maximum atomic E-state index is 12.5. The van der Waals surface area contributed by atoms with E-state index in [2.05, 4.69) is 39.5 Å². The minimum Gasteiger partial charge on any atom is -0.378 e. The second-order valence-corrected chi connectivity index (χ2v) is 7.49. The van der Waals surface area contributed by atoms with Gasteiger partial charge in [-0.15, -0.1) is 0 Å². The summed E-state index contributed by atoms with van der Waals surface area (Å²) in [5.74, 6) is 0.510. The minimum atomic E-state index is -0.0621. The van der Waals surface area contributed by atoms with Gasteiger partial charge in [-0.05, 0) is 23.8 Å². The van der Waals surface area contributed by atoms with Crippen LogP contribution in [0.1, 0.15) is 15.9 Å². The standard InChI is InChI=1S/C21H25ClN4O3/c22-19-13-17(21(27)26-7-11-29-12-8-26)15-24-20(19)23-14-16-1-3-18(4-2-16)25-5-9-28-10-6-25/h1-4,13,15H,5-12,14H2,(H,23,24). The van der Waals surface area contributed by atoms with Gasteiger partial charge in [0.15, 0.2) is 0 Å². The van der Waals surface area contributed by atoms with E-state index in [4.69, 9.17) is 21.1 Å². The molecule has 3 heterocycles. The number of hydrogen-bond donors (Lipinski definition) is 1. The topological polar surface area (TPSA) is 66.9 Å². The lowest BCUT2D eigenvalue weighted by molar-refractivity contribution is 0.0302. The molecular weight excluding hydrogens is 392 g/mol. The van der Waals surface area contributed by atoms with Crippen molar-refractivity contribution >= 4 is 29.0 Å². The lowest BCUT2D eigenvalue weighted by Crippen LogP contribution is -2.40. The molecule has 2 saturated heterocycles. The lowest BCUT2D eigenvalue weighted by Gasteiger charge is -2.28. The fourth-order valence-electron chi connectivity index (χ4n) is 3.47. The van der Waals surface area contributed by atoms with E-state index < -0.39 is 0 Å². The van der Waals surface area contributed by atoms with E-state index in [1.165, 1.54) is 5.69 Å². The van der Waals surface area contributed by atoms with Crippen molar-refractivity contribution in [2.75, 3.05) is 62.8 Å². The molecule has 0 radical (unpaired) electrons. The summed E-state index contributed by atoms with van der Waals surface area (Å²) in [6.45, 7) is 6.32. The average molecular weight is 417 g/mol. The van der Waals surface area contributed by atoms with Crippen LogP contribution in [0.25, 0.3) is 0 Å². The quantitative estimate of drug-likeness (QED) is 0.808. The van der Waals surface area contributed by atoms with Gasteiger partial charge in [-0.3, -0.25) is 4.79 Å². The summed E-state index contributed by atoms with van der Waals surface area (Å²) in [7, 11) is 0. The highest BCUT2D eigenvalue weighted by molar-refractivity contribution is 6.33. The number of halogens is 1. The molecule has 2 aliphatic heterocycles. The second kappa shape index (κ2) is 9.43. The largest absolute Gasteiger partial charge is 0.378 e. The van der Waals surface area contributed by atoms with E-state index in [9.17, 15) is 4.79 Å². The normalized spacial score (nSPS) is 17.3. The first-order valence-corrected chi connectivity index (χ1v) is 10.3. The highest BCUT2D eigenvalue weighted by Crippen LogP contribution is 2.23. The molecule has 0 unspecified atom stereocenters. The number of amides is 1. The van der Waals surface area contributed by atoms with Gasteiger partial charge in [-0.2, -0.15) is 0 Å². The first kappa shape index (κ1) is 19.9. The zero-order valence-electron chi connectivity index (χ0n) is 16.3. The van der Waals surface area contributed by atoms with Gasteiger partial charge in [0.25, 0.3) is 5.91 Å². The lowest BCUT2D eigenvalue weighted by atomic mass is 10.2. The molecule has 154 valence electrons. The number of morpholine rings is 2. The van der Waals surface area contributed by atoms with Crippen molar-refractivity contribution in [1.82, 2.24) is 9.88 Å². The van der Waals surface area contributed by atoms with Crippen molar-refractivity contribution in [3.8, 4) is 0 Å². The third-order valence-electron chi connectivity index (χ3n) is 5.16. The van der Waals surface area contributed by atoms with Gasteiger partial charge in [0, 0.05) is 44.6 Å². The van der Waals surface area contributed by atoms with Crippen LogP contribution in [0.15, 0.2) is 36.5 Å². The molecular formula is C21H25ClN4O3. The van der Waals surface area contributed by atoms with Crippen LogP contribution in [0.2, 0.25) is 5.02 Å². The summed E-state index contributed by atoms with van der Waals surface area (Å²) >= 11 is 6.37. The van der Waals surface area contributed by atoms with Gasteiger partial charge in [0.2, 0.25) is 0 Å². The molecule has 0 atom stereocenters. The van der Waals surface area contributed by atoms with Gasteiger partial charge in [-0.1, -0.05) is 23.7 Å². The highest BCUT2D eigenvalue weighted by Gasteiger charge is 2.19. The summed E-state index contributed by atoms with van der Waals surface area (Å²) in [4.78, 5) is 21.0. The molecule has 0 spiro atoms. The van der Waals surface area contributed by atoms with E-state index in [0.29, 0.717) is 49.3 Å². The van der Waals surface area contributed by atoms with Crippen molar-refractivity contribution in [1.29, 1.82) is 0 Å². The molecule has 4 rings (SSSR count). The third kappa shape index (κ3) is 4.98. The van der Waals surface area contributed by atoms with E-state index in [1.807, 2.05) is 0 Å². The fraction of sp³-hybridized carbons (Fsp3) is 0.429. The van der Waals surface area contributed by atoms with E-state index in [0.717, 1.165) is 31.9 Å². The number of benzene rings is 1. The summed E-state index contributed by atoms with van der Waals surface area (Å²) in [6, 6.07) is 10.1. The Morgan fingerprint density at radius 3 is 2.34 bits per heavy atom. The maximum Gasteiger partial charge on any atom is 0.255 e. The Kier molecular flexibility index (Phi) is 6.49. The van der Waals surface area contributed by atoms with Crippen molar-refractivity contribution < 1.29 is 14.3 Å². The molecule has 1 N–H and O–H groups in total. The minimum absolute atomic E-state index is 0.0621. The number of pyridine rings is 1. The van der Waals surface area contributed by atoms with Gasteiger partial charge >= 0.3 is 0 Å². The predicted molar refractivity (Wildman–Crippen MR) is 113 cm³/mol. The fourth-order valence-corrected chi connectivity index (χ4v) is 3.70. The molecule has 0 saturated carbocycles. The van der Waals surface area contributed by atoms with Crippen LogP contribution >= 0.6 is 11.6 Å². The van der Waals surface area contributed by atoms with Crippen LogP contribution in [-0.4, -0.2) is 68.4 Å². The molecule has 29 heavy (non-hydrogen) atoms. The molecule has 1 aromatic heterocycles. The summed E-state index contributed by atoms with van der Waals surface area (Å²) < 4.78 is 10.7. The van der Waals surface area contributed by atoms with Crippen LogP contribution in [0, 0.1) is 0 Å². The van der Waals surface area contributed by atoms with E-state index in [1.54, 1.807) is 17.2 Å². The summed E-state index contributed by atoms with van der Waals surface area (Å²) in [6.07, 6.45) is 1.58. The first-order chi connectivity index (χ1) is 14.2. The monoisotopic (exact) mass is 416 g/mol. The van der Waals surface area contributed by atoms with Crippen LogP contribution in [0.4, 0.5) is 11.5 Å². The van der Waals surface area contributed by atoms with Crippen molar-refractivity contribution in [3.63, 3.8) is 0 Å². The maximum absolute atomic E-state index is 12.5.